The number of nitrogens with one attached hydrogen (secondary N) is 2. The molecule has 9 nitrogen and oxygen atoms in total. The number of imide groups is 1. The van der Waals surface area contributed by atoms with Gasteiger partial charge < -0.3 is 20.1 Å². The molecule has 2 N–H and O–H groups in total. The van der Waals surface area contributed by atoms with Crippen molar-refractivity contribution in [1.29, 1.82) is 0 Å². The van der Waals surface area contributed by atoms with E-state index in [4.69, 9.17) is 9.47 Å². The highest BCUT2D eigenvalue weighted by Gasteiger charge is 2.40. The van der Waals surface area contributed by atoms with E-state index in [1.165, 1.54) is 37.0 Å². The van der Waals surface area contributed by atoms with Crippen molar-refractivity contribution in [1.82, 2.24) is 5.32 Å². The molecule has 1 atom stereocenters. The van der Waals surface area contributed by atoms with E-state index < -0.39 is 17.1 Å². The van der Waals surface area contributed by atoms with Crippen molar-refractivity contribution >= 4 is 52.8 Å². The van der Waals surface area contributed by atoms with Crippen LogP contribution in [0.4, 0.5) is 11.4 Å². The van der Waals surface area contributed by atoms with Crippen LogP contribution in [0.5, 0.6) is 11.5 Å². The van der Waals surface area contributed by atoms with Crippen molar-refractivity contribution in [3.63, 3.8) is 0 Å². The number of methoxy groups -OCH3 is 2. The van der Waals surface area contributed by atoms with E-state index in [9.17, 15) is 19.2 Å². The first-order chi connectivity index (χ1) is 21.4. The number of hydrogen-bond donors (Lipinski definition) is 2. The number of nitrogens with zero attached hydrogens (tertiary/aromatic N) is 1. The van der Waals surface area contributed by atoms with E-state index in [1.807, 2.05) is 6.07 Å². The number of carbonyl (C=O) groups excluding carboxylic acids is 4. The average molecular weight is 608 g/mol. The van der Waals surface area contributed by atoms with Crippen LogP contribution in [0.25, 0.3) is 6.08 Å². The number of para-hydroxylation sites is 1. The molecule has 4 aromatic carbocycles. The first-order valence-corrected chi connectivity index (χ1v) is 14.5. The third kappa shape index (κ3) is 6.99. The summed E-state index contributed by atoms with van der Waals surface area (Å²) in [7, 11) is 3.04. The summed E-state index contributed by atoms with van der Waals surface area (Å²) < 4.78 is 10.7. The van der Waals surface area contributed by atoms with Crippen molar-refractivity contribution in [3.8, 4) is 11.5 Å². The summed E-state index contributed by atoms with van der Waals surface area (Å²) in [5.74, 6) is -0.480. The number of thioether (sulfide) groups is 1. The fourth-order valence-electron chi connectivity index (χ4n) is 4.56. The quantitative estimate of drug-likeness (QED) is 0.180. The van der Waals surface area contributed by atoms with E-state index in [2.05, 4.69) is 10.6 Å². The molecular weight excluding hydrogens is 578 g/mol. The Balaban J connectivity index is 1.32. The SMILES string of the molecule is COc1ccc(/C=C(\NC(=O)c2ccccc2)C(=O)Nc2ccc(SC3CC(=O)N(c4ccccc4)C3=O)cc2)c(OC)c1. The maximum absolute atomic E-state index is 13.5. The minimum absolute atomic E-state index is 0.00293. The van der Waals surface area contributed by atoms with Crippen LogP contribution in [0.3, 0.4) is 0 Å². The number of rotatable bonds is 10. The molecule has 1 aliphatic heterocycles. The van der Waals surface area contributed by atoms with Crippen LogP contribution in [0.15, 0.2) is 114 Å². The molecule has 44 heavy (non-hydrogen) atoms. The second-order valence-electron chi connectivity index (χ2n) is 9.68. The monoisotopic (exact) mass is 607 g/mol. The number of benzene rings is 4. The molecule has 1 heterocycles. The third-order valence-corrected chi connectivity index (χ3v) is 7.98. The fourth-order valence-corrected chi connectivity index (χ4v) is 5.61. The minimum Gasteiger partial charge on any atom is -0.497 e. The number of carbonyl (C=O) groups is 4. The van der Waals surface area contributed by atoms with Crippen LogP contribution in [-0.2, 0) is 14.4 Å². The normalized spacial score (nSPS) is 14.7. The Kier molecular flexibility index (Phi) is 9.41. The first kappa shape index (κ1) is 30.1. The highest BCUT2D eigenvalue weighted by molar-refractivity contribution is 8.00. The molecule has 0 bridgehead atoms. The fraction of sp³-hybridized carbons (Fsp3) is 0.118. The summed E-state index contributed by atoms with van der Waals surface area (Å²) in [5, 5.41) is 4.98. The summed E-state index contributed by atoms with van der Waals surface area (Å²) in [6.07, 6.45) is 1.63. The molecule has 222 valence electrons. The van der Waals surface area contributed by atoms with Gasteiger partial charge in [0.1, 0.15) is 17.2 Å². The average Bonchev–Trinajstić information content (AvgIpc) is 3.34. The van der Waals surface area contributed by atoms with Crippen molar-refractivity contribution in [2.45, 2.75) is 16.6 Å². The molecule has 1 unspecified atom stereocenters. The van der Waals surface area contributed by atoms with Crippen molar-refractivity contribution in [2.75, 3.05) is 24.4 Å². The van der Waals surface area contributed by atoms with Gasteiger partial charge in [-0.3, -0.25) is 19.2 Å². The van der Waals surface area contributed by atoms with Gasteiger partial charge in [0.15, 0.2) is 0 Å². The molecule has 1 fully saturated rings. The maximum Gasteiger partial charge on any atom is 0.272 e. The zero-order valence-corrected chi connectivity index (χ0v) is 24.8. The number of ether oxygens (including phenoxy) is 2. The van der Waals surface area contributed by atoms with Gasteiger partial charge in [-0.25, -0.2) is 4.90 Å². The van der Waals surface area contributed by atoms with Gasteiger partial charge in [-0.15, -0.1) is 11.8 Å². The number of anilines is 2. The predicted octanol–water partition coefficient (Wildman–Crippen LogP) is 5.54. The lowest BCUT2D eigenvalue weighted by atomic mass is 10.1. The summed E-state index contributed by atoms with van der Waals surface area (Å²) in [5.41, 5.74) is 1.97. The molecule has 1 aliphatic rings. The largest absolute Gasteiger partial charge is 0.497 e. The Bertz CT molecular complexity index is 1710. The number of amides is 4. The second kappa shape index (κ2) is 13.7. The van der Waals surface area contributed by atoms with Crippen LogP contribution in [0.1, 0.15) is 22.3 Å². The van der Waals surface area contributed by atoms with Crippen LogP contribution in [0, 0.1) is 0 Å². The van der Waals surface area contributed by atoms with Crippen molar-refractivity contribution < 1.29 is 28.7 Å². The molecule has 4 aromatic rings. The van der Waals surface area contributed by atoms with Gasteiger partial charge in [-0.05, 0) is 66.7 Å². The van der Waals surface area contributed by atoms with Crippen LogP contribution in [-0.4, -0.2) is 43.1 Å². The van der Waals surface area contributed by atoms with Gasteiger partial charge in [-0.2, -0.15) is 0 Å². The maximum atomic E-state index is 13.5. The van der Waals surface area contributed by atoms with E-state index >= 15 is 0 Å². The molecule has 0 saturated carbocycles. The Labute approximate surface area is 258 Å². The molecule has 10 heteroatoms. The van der Waals surface area contributed by atoms with E-state index in [1.54, 1.807) is 97.1 Å². The summed E-state index contributed by atoms with van der Waals surface area (Å²) >= 11 is 1.29. The molecule has 1 saturated heterocycles. The van der Waals surface area contributed by atoms with Crippen molar-refractivity contribution in [3.05, 3.63) is 120 Å². The van der Waals surface area contributed by atoms with E-state index in [-0.39, 0.29) is 23.9 Å². The Hall–Kier alpha value is -5.35. The van der Waals surface area contributed by atoms with E-state index in [0.717, 1.165) is 4.90 Å². The molecule has 0 aliphatic carbocycles. The highest BCUT2D eigenvalue weighted by Crippen LogP contribution is 2.34. The zero-order chi connectivity index (χ0) is 31.1. The second-order valence-corrected chi connectivity index (χ2v) is 11.0. The Morgan fingerprint density at radius 2 is 1.55 bits per heavy atom. The Morgan fingerprint density at radius 3 is 2.20 bits per heavy atom. The van der Waals surface area contributed by atoms with Gasteiger partial charge in [0.05, 0.1) is 25.2 Å². The lowest BCUT2D eigenvalue weighted by Gasteiger charge is -2.15. The lowest BCUT2D eigenvalue weighted by Crippen LogP contribution is -2.31. The molecule has 0 radical (unpaired) electrons. The zero-order valence-electron chi connectivity index (χ0n) is 24.0. The summed E-state index contributed by atoms with van der Waals surface area (Å²) in [6, 6.07) is 29.5. The molecule has 4 amide bonds. The lowest BCUT2D eigenvalue weighted by molar-refractivity contribution is -0.121. The standard InChI is InChI=1S/C34H29N3O6S/c1-42-26-16-13-23(29(20-26)43-2)19-28(36-32(39)22-9-5-3-6-10-22)33(40)35-24-14-17-27(18-15-24)44-30-21-31(38)37(34(30)41)25-11-7-4-8-12-25/h3-20,30H,21H2,1-2H3,(H,35,40)(H,36,39)/b28-19-. The van der Waals surface area contributed by atoms with Gasteiger partial charge in [0, 0.05) is 34.2 Å². The smallest absolute Gasteiger partial charge is 0.272 e. The minimum atomic E-state index is -0.553. The summed E-state index contributed by atoms with van der Waals surface area (Å²) in [4.78, 5) is 54.0. The molecule has 0 spiro atoms. The van der Waals surface area contributed by atoms with Gasteiger partial charge in [-0.1, -0.05) is 36.4 Å². The topological polar surface area (TPSA) is 114 Å². The molecule has 5 rings (SSSR count). The third-order valence-electron chi connectivity index (χ3n) is 6.78. The van der Waals surface area contributed by atoms with Gasteiger partial charge in [0.25, 0.3) is 11.8 Å². The van der Waals surface area contributed by atoms with Crippen LogP contribution >= 0.6 is 11.8 Å². The number of hydrogen-bond acceptors (Lipinski definition) is 7. The first-order valence-electron chi connectivity index (χ1n) is 13.7. The van der Waals surface area contributed by atoms with Crippen LogP contribution < -0.4 is 25.0 Å². The van der Waals surface area contributed by atoms with Gasteiger partial charge in [0.2, 0.25) is 11.8 Å². The van der Waals surface area contributed by atoms with Gasteiger partial charge >= 0.3 is 0 Å². The summed E-state index contributed by atoms with van der Waals surface area (Å²) in [6.45, 7) is 0. The molecular formula is C34H29N3O6S. The molecule has 0 aromatic heterocycles. The highest BCUT2D eigenvalue weighted by atomic mass is 32.2. The van der Waals surface area contributed by atoms with Crippen molar-refractivity contribution in [2.24, 2.45) is 0 Å². The predicted molar refractivity (Wildman–Crippen MR) is 170 cm³/mol. The Morgan fingerprint density at radius 1 is 0.864 bits per heavy atom. The van der Waals surface area contributed by atoms with Crippen LogP contribution in [0.2, 0.25) is 0 Å². The van der Waals surface area contributed by atoms with E-state index in [0.29, 0.717) is 34.0 Å².